The average molecular weight is 838 g/mol. The number of carbonyl (C=O) groups excluding carboxylic acids is 2. The molecule has 5 aromatic rings. The van der Waals surface area contributed by atoms with Crippen LogP contribution in [0.4, 0.5) is 0 Å². The number of fused-ring (bicyclic) bond motifs is 8. The second-order valence-corrected chi connectivity index (χ2v) is 14.2. The monoisotopic (exact) mass is 837 g/mol. The SMILES string of the molecule is C=CC1=C(C)c2cc3[n-]c(cc4nc(cc5[n-]c(cc1n2)c(C)c5CCC(=O)NCCc1cnc[nH]1)C(CCC(=O)NCCc1cnc[nH]1)=C4C)c(C)c3C=C.[Cl-].[Fe+3]. The zero-order chi connectivity index (χ0) is 39.3. The Balaban J connectivity index is 0.00000320. The van der Waals surface area contributed by atoms with Gasteiger partial charge in [-0.05, 0) is 62.8 Å². The van der Waals surface area contributed by atoms with Crippen LogP contribution in [0.5, 0.6) is 0 Å². The quantitative estimate of drug-likeness (QED) is 0.123. The molecule has 58 heavy (non-hydrogen) atoms. The summed E-state index contributed by atoms with van der Waals surface area (Å²) in [5, 5.41) is 6.08. The first-order chi connectivity index (χ1) is 27.1. The number of nitrogens with zero attached hydrogens (tertiary/aromatic N) is 6. The number of imidazole rings is 2. The van der Waals surface area contributed by atoms with Gasteiger partial charge in [0.25, 0.3) is 0 Å². The number of aryl methyl sites for hydroxylation is 3. The Bertz CT molecular complexity index is 2560. The minimum atomic E-state index is -0.0449. The van der Waals surface area contributed by atoms with Gasteiger partial charge in [0.1, 0.15) is 0 Å². The molecule has 7 heterocycles. The molecule has 1 radical (unpaired) electrons. The molecule has 12 nitrogen and oxygen atoms in total. The Morgan fingerprint density at radius 1 is 0.672 bits per heavy atom. The third-order valence-corrected chi connectivity index (χ3v) is 10.6. The van der Waals surface area contributed by atoms with Crippen molar-refractivity contribution in [3.8, 4) is 0 Å². The van der Waals surface area contributed by atoms with Crippen molar-refractivity contribution in [2.24, 2.45) is 0 Å². The van der Waals surface area contributed by atoms with Crippen LogP contribution in [0, 0.1) is 13.8 Å². The van der Waals surface area contributed by atoms with Crippen LogP contribution in [-0.4, -0.2) is 54.8 Å². The van der Waals surface area contributed by atoms with E-state index in [0.717, 1.165) is 101 Å². The molecule has 0 atom stereocenters. The number of allylic oxidation sites excluding steroid dienone is 5. The summed E-state index contributed by atoms with van der Waals surface area (Å²) in [4.78, 5) is 60.9. The molecule has 2 amide bonds. The number of hydrogen-bond donors (Lipinski definition) is 4. The second-order valence-electron chi connectivity index (χ2n) is 14.2. The Kier molecular flexibility index (Phi) is 14.3. The van der Waals surface area contributed by atoms with Crippen LogP contribution >= 0.6 is 0 Å². The summed E-state index contributed by atoms with van der Waals surface area (Å²) >= 11 is 0. The molecule has 4 N–H and O–H groups in total. The molecule has 7 rings (SSSR count). The van der Waals surface area contributed by atoms with E-state index in [4.69, 9.17) is 19.9 Å². The largest absolute Gasteiger partial charge is 3.00 e. The molecular weight excluding hydrogens is 792 g/mol. The molecule has 0 saturated heterocycles. The van der Waals surface area contributed by atoms with Crippen molar-refractivity contribution < 1.29 is 39.1 Å². The normalized spacial score (nSPS) is 12.2. The Hall–Kier alpha value is -5.75. The third kappa shape index (κ3) is 9.34. The summed E-state index contributed by atoms with van der Waals surface area (Å²) in [7, 11) is 0. The zero-order valence-corrected chi connectivity index (χ0v) is 34.9. The number of nitrogens with one attached hydrogen (secondary N) is 4. The number of rotatable bonds is 14. The van der Waals surface area contributed by atoms with Gasteiger partial charge in [-0.2, -0.15) is 0 Å². The topological polar surface area (TPSA) is 170 Å². The van der Waals surface area contributed by atoms with Gasteiger partial charge in [-0.15, -0.1) is 22.1 Å². The molecule has 2 aliphatic heterocycles. The predicted molar refractivity (Wildman–Crippen MR) is 222 cm³/mol. The summed E-state index contributed by atoms with van der Waals surface area (Å²) in [5.41, 5.74) is 15.7. The summed E-state index contributed by atoms with van der Waals surface area (Å²) in [5.74, 6) is -0.0890. The van der Waals surface area contributed by atoms with Gasteiger partial charge in [-0.1, -0.05) is 66.3 Å². The molecule has 0 aromatic carbocycles. The number of H-pyrrole nitrogens is 2. The Morgan fingerprint density at radius 3 is 1.81 bits per heavy atom. The van der Waals surface area contributed by atoms with Crippen LogP contribution in [0.3, 0.4) is 0 Å². The van der Waals surface area contributed by atoms with Crippen molar-refractivity contribution in [3.05, 3.63) is 125 Å². The summed E-state index contributed by atoms with van der Waals surface area (Å²) in [6.07, 6.45) is 13.3. The first-order valence-electron chi connectivity index (χ1n) is 18.9. The minimum absolute atomic E-state index is 0. The van der Waals surface area contributed by atoms with Gasteiger partial charge >= 0.3 is 17.1 Å². The van der Waals surface area contributed by atoms with Crippen LogP contribution in [0.15, 0.2) is 68.5 Å². The van der Waals surface area contributed by atoms with Crippen LogP contribution in [-0.2, 0) is 45.9 Å². The molecule has 0 aliphatic carbocycles. The van der Waals surface area contributed by atoms with E-state index in [1.54, 1.807) is 25.0 Å². The van der Waals surface area contributed by atoms with Gasteiger partial charge in [-0.3, -0.25) is 9.59 Å². The second kappa shape index (κ2) is 19.1. The fourth-order valence-corrected chi connectivity index (χ4v) is 7.32. The molecule has 8 bridgehead atoms. The maximum atomic E-state index is 13.1. The summed E-state index contributed by atoms with van der Waals surface area (Å²) in [6, 6.07) is 8.01. The molecular formula is C44H46ClFeN10O2. The maximum absolute atomic E-state index is 13.1. The number of halogens is 1. The molecule has 299 valence electrons. The van der Waals surface area contributed by atoms with Crippen molar-refractivity contribution in [1.82, 2.24) is 50.5 Å². The van der Waals surface area contributed by atoms with Crippen molar-refractivity contribution in [3.63, 3.8) is 0 Å². The summed E-state index contributed by atoms with van der Waals surface area (Å²) < 4.78 is 0. The number of aromatic amines is 2. The van der Waals surface area contributed by atoms with Crippen molar-refractivity contribution >= 4 is 62.2 Å². The van der Waals surface area contributed by atoms with E-state index in [0.29, 0.717) is 38.8 Å². The first-order valence-corrected chi connectivity index (χ1v) is 18.9. The molecule has 0 saturated carbocycles. The van der Waals surface area contributed by atoms with E-state index < -0.39 is 0 Å². The van der Waals surface area contributed by atoms with Gasteiger partial charge in [0.2, 0.25) is 11.8 Å². The van der Waals surface area contributed by atoms with Gasteiger partial charge in [0.15, 0.2) is 0 Å². The third-order valence-electron chi connectivity index (χ3n) is 10.6. The van der Waals surface area contributed by atoms with E-state index in [2.05, 4.69) is 43.7 Å². The fourth-order valence-electron chi connectivity index (χ4n) is 7.32. The molecule has 5 aromatic heterocycles. The van der Waals surface area contributed by atoms with Gasteiger partial charge in [-0.25, -0.2) is 19.9 Å². The number of aromatic nitrogens is 8. The maximum Gasteiger partial charge on any atom is 3.00 e. The van der Waals surface area contributed by atoms with Gasteiger partial charge in [0.05, 0.1) is 35.4 Å². The van der Waals surface area contributed by atoms with E-state index in [-0.39, 0.29) is 54.1 Å². The average Bonchev–Trinajstić information content (AvgIpc) is 4.04. The standard InChI is InChI=1S/C44H48N10O2.ClH.Fe/c1-7-31-25(3)35-17-36-27(5)33(9-11-43(55)47-15-13-29-21-45-23-49-29)41(53-36)20-42-34(10-12-44(56)48-16-14-30-22-46-24-50-30)28(6)38(54-42)19-40-32(8-2)26(4)37(52-40)18-39(31)51-35;;/h7-8,17-24H,1-2,9-16H2,3-6H3,(H6,45,46,47,48,49,50,51,52,53,54,55,56);1H;/q;;+3/p-3. The number of hydrogen-bond acceptors (Lipinski definition) is 6. The fraction of sp³-hybridized carbons (Fsp3) is 0.273. The molecule has 14 heteroatoms. The van der Waals surface area contributed by atoms with E-state index in [1.165, 1.54) is 0 Å². The van der Waals surface area contributed by atoms with Crippen LogP contribution in [0.1, 0.15) is 89.5 Å². The molecule has 0 unspecified atom stereocenters. The van der Waals surface area contributed by atoms with E-state index >= 15 is 0 Å². The Morgan fingerprint density at radius 2 is 1.21 bits per heavy atom. The molecule has 0 fully saturated rings. The minimum Gasteiger partial charge on any atom is -1.00 e. The zero-order valence-electron chi connectivity index (χ0n) is 33.1. The smallest absolute Gasteiger partial charge is 1.00 e. The van der Waals surface area contributed by atoms with Crippen molar-refractivity contribution in [2.45, 2.75) is 66.2 Å². The van der Waals surface area contributed by atoms with Crippen LogP contribution < -0.4 is 33.0 Å². The van der Waals surface area contributed by atoms with Crippen LogP contribution in [0.2, 0.25) is 0 Å². The molecule has 0 spiro atoms. The number of carbonyl (C=O) groups is 2. The van der Waals surface area contributed by atoms with Crippen LogP contribution in [0.25, 0.3) is 50.4 Å². The summed E-state index contributed by atoms with van der Waals surface area (Å²) in [6.45, 7) is 17.4. The first kappa shape index (κ1) is 43.4. The molecule has 2 aliphatic rings. The van der Waals surface area contributed by atoms with E-state index in [9.17, 15) is 9.59 Å². The van der Waals surface area contributed by atoms with Gasteiger partial charge in [0, 0.05) is 68.1 Å². The van der Waals surface area contributed by atoms with Gasteiger partial charge < -0.3 is 43.0 Å². The number of amides is 2. The Labute approximate surface area is 354 Å². The van der Waals surface area contributed by atoms with Crippen molar-refractivity contribution in [2.75, 3.05) is 13.1 Å². The predicted octanol–water partition coefficient (Wildman–Crippen LogP) is 3.76. The van der Waals surface area contributed by atoms with E-state index in [1.807, 2.05) is 64.1 Å². The van der Waals surface area contributed by atoms with Crippen molar-refractivity contribution in [1.29, 1.82) is 0 Å².